The molecule has 1 aliphatic heterocycles. The van der Waals surface area contributed by atoms with Gasteiger partial charge in [0.1, 0.15) is 11.4 Å². The molecule has 33 heavy (non-hydrogen) atoms. The second kappa shape index (κ2) is 8.38. The molecule has 1 amide bonds. The minimum absolute atomic E-state index is 0.0385. The van der Waals surface area contributed by atoms with Gasteiger partial charge in [0.15, 0.2) is 9.84 Å². The molecule has 0 bridgehead atoms. The van der Waals surface area contributed by atoms with E-state index in [1.54, 1.807) is 24.3 Å². The summed E-state index contributed by atoms with van der Waals surface area (Å²) in [6.45, 7) is 5.65. The first-order valence-corrected chi connectivity index (χ1v) is 12.1. The molecule has 0 saturated carbocycles. The SMILES string of the molecule is Cc1ccc2nc(N3CCS(=O)(=O)c4ccccc4C3)cc(NC(=O)C(C)(C)N=[N+]=[N-])c2c1. The molecule has 170 valence electrons. The summed E-state index contributed by atoms with van der Waals surface area (Å²) in [5.74, 6) is 0.0580. The Labute approximate surface area is 192 Å². The molecule has 0 atom stereocenters. The molecule has 0 radical (unpaired) electrons. The number of sulfone groups is 1. The lowest BCUT2D eigenvalue weighted by atomic mass is 10.0. The molecule has 3 aromatic rings. The van der Waals surface area contributed by atoms with E-state index in [2.05, 4.69) is 15.3 Å². The number of benzene rings is 2. The van der Waals surface area contributed by atoms with Gasteiger partial charge in [-0.1, -0.05) is 34.9 Å². The average molecular weight is 465 g/mol. The number of rotatable bonds is 4. The van der Waals surface area contributed by atoms with Crippen molar-refractivity contribution in [3.63, 3.8) is 0 Å². The molecule has 1 aromatic heterocycles. The number of hydrogen-bond donors (Lipinski definition) is 1. The Morgan fingerprint density at radius 1 is 1.21 bits per heavy atom. The van der Waals surface area contributed by atoms with Crippen LogP contribution in [0.2, 0.25) is 0 Å². The third-order valence-corrected chi connectivity index (χ3v) is 7.46. The molecule has 0 unspecified atom stereocenters. The summed E-state index contributed by atoms with van der Waals surface area (Å²) in [7, 11) is -3.41. The van der Waals surface area contributed by atoms with Gasteiger partial charge in [-0.2, -0.15) is 0 Å². The minimum atomic E-state index is -3.41. The first-order valence-electron chi connectivity index (χ1n) is 10.5. The molecular formula is C23H24N6O3S. The number of amides is 1. The second-order valence-corrected chi connectivity index (χ2v) is 10.7. The summed E-state index contributed by atoms with van der Waals surface area (Å²) in [6, 6.07) is 14.4. The van der Waals surface area contributed by atoms with Crippen molar-refractivity contribution in [3.05, 3.63) is 70.1 Å². The predicted octanol–water partition coefficient (Wildman–Crippen LogP) is 4.36. The smallest absolute Gasteiger partial charge is 0.235 e. The highest BCUT2D eigenvalue weighted by molar-refractivity contribution is 7.91. The summed E-state index contributed by atoms with van der Waals surface area (Å²) in [6.07, 6.45) is 0. The second-order valence-electron chi connectivity index (χ2n) is 8.60. The Hall–Kier alpha value is -3.62. The quantitative estimate of drug-likeness (QED) is 0.348. The van der Waals surface area contributed by atoms with Crippen LogP contribution in [-0.4, -0.2) is 37.1 Å². The lowest BCUT2D eigenvalue weighted by Crippen LogP contribution is -2.35. The van der Waals surface area contributed by atoms with Gasteiger partial charge in [-0.3, -0.25) is 4.79 Å². The average Bonchev–Trinajstić information content (AvgIpc) is 2.90. The first-order chi connectivity index (χ1) is 15.6. The number of hydrogen-bond acceptors (Lipinski definition) is 6. The van der Waals surface area contributed by atoms with Crippen LogP contribution in [-0.2, 0) is 21.2 Å². The first kappa shape index (κ1) is 22.6. The molecule has 1 N–H and O–H groups in total. The van der Waals surface area contributed by atoms with Gasteiger partial charge in [0.25, 0.3) is 0 Å². The number of anilines is 2. The number of aromatic nitrogens is 1. The van der Waals surface area contributed by atoms with E-state index in [0.29, 0.717) is 34.0 Å². The van der Waals surface area contributed by atoms with E-state index in [9.17, 15) is 13.2 Å². The van der Waals surface area contributed by atoms with Gasteiger partial charge in [-0.15, -0.1) is 0 Å². The third-order valence-electron chi connectivity index (χ3n) is 5.67. The van der Waals surface area contributed by atoms with Gasteiger partial charge in [0.2, 0.25) is 5.91 Å². The van der Waals surface area contributed by atoms with Crippen LogP contribution in [0.4, 0.5) is 11.5 Å². The molecule has 9 nitrogen and oxygen atoms in total. The van der Waals surface area contributed by atoms with Crippen molar-refractivity contribution in [2.45, 2.75) is 37.8 Å². The number of carbonyl (C=O) groups is 1. The number of carbonyl (C=O) groups excluding carboxylic acids is 1. The molecule has 2 aromatic carbocycles. The number of pyridine rings is 1. The standard InChI is InChI=1S/C23H24N6O3S/c1-15-8-9-18-17(12-15)19(26-22(30)23(2,3)27-28-24)13-21(25-18)29-10-11-33(31,32)20-7-5-4-6-16(20)14-29/h4-9,12-13H,10-11,14H2,1-3H3,(H,25,26,30). The molecular weight excluding hydrogens is 440 g/mol. The lowest BCUT2D eigenvalue weighted by molar-refractivity contribution is -0.120. The van der Waals surface area contributed by atoms with Crippen LogP contribution in [0.5, 0.6) is 0 Å². The number of nitrogens with zero attached hydrogens (tertiary/aromatic N) is 5. The monoisotopic (exact) mass is 464 g/mol. The van der Waals surface area contributed by atoms with Crippen LogP contribution < -0.4 is 10.2 Å². The summed E-state index contributed by atoms with van der Waals surface area (Å²) in [4.78, 5) is 22.6. The van der Waals surface area contributed by atoms with Crippen LogP contribution in [0.25, 0.3) is 21.3 Å². The lowest BCUT2D eigenvalue weighted by Gasteiger charge is -2.24. The molecule has 10 heteroatoms. The summed E-state index contributed by atoms with van der Waals surface area (Å²) < 4.78 is 25.5. The van der Waals surface area contributed by atoms with Crippen molar-refractivity contribution in [1.82, 2.24) is 4.98 Å². The highest BCUT2D eigenvalue weighted by Crippen LogP contribution is 2.32. The van der Waals surface area contributed by atoms with Crippen LogP contribution >= 0.6 is 0 Å². The van der Waals surface area contributed by atoms with E-state index in [-0.39, 0.29) is 12.3 Å². The van der Waals surface area contributed by atoms with Crippen LogP contribution in [0.15, 0.2) is 58.5 Å². The summed E-state index contributed by atoms with van der Waals surface area (Å²) in [5.41, 5.74) is 10.4. The maximum absolute atomic E-state index is 12.9. The minimum Gasteiger partial charge on any atom is -0.351 e. The molecule has 1 aliphatic rings. The molecule has 0 spiro atoms. The number of fused-ring (bicyclic) bond motifs is 2. The van der Waals surface area contributed by atoms with Gasteiger partial charge in [0, 0.05) is 29.5 Å². The van der Waals surface area contributed by atoms with E-state index in [1.807, 2.05) is 36.1 Å². The van der Waals surface area contributed by atoms with E-state index < -0.39 is 21.3 Å². The Kier molecular flexibility index (Phi) is 5.73. The molecule has 0 fully saturated rings. The Morgan fingerprint density at radius 3 is 2.73 bits per heavy atom. The number of azide groups is 1. The molecule has 0 saturated heterocycles. The fraction of sp³-hybridized carbons (Fsp3) is 0.304. The van der Waals surface area contributed by atoms with Crippen molar-refractivity contribution in [3.8, 4) is 0 Å². The van der Waals surface area contributed by atoms with Gasteiger partial charge in [-0.05, 0) is 50.1 Å². The van der Waals surface area contributed by atoms with Crippen molar-refractivity contribution in [2.75, 3.05) is 22.5 Å². The van der Waals surface area contributed by atoms with Crippen molar-refractivity contribution in [1.29, 1.82) is 0 Å². The van der Waals surface area contributed by atoms with Gasteiger partial charge in [0.05, 0.1) is 21.9 Å². The fourth-order valence-electron chi connectivity index (χ4n) is 3.78. The van der Waals surface area contributed by atoms with Gasteiger partial charge < -0.3 is 10.2 Å². The van der Waals surface area contributed by atoms with Crippen molar-refractivity contribution in [2.24, 2.45) is 5.11 Å². The largest absolute Gasteiger partial charge is 0.351 e. The van der Waals surface area contributed by atoms with E-state index >= 15 is 0 Å². The van der Waals surface area contributed by atoms with Gasteiger partial charge >= 0.3 is 0 Å². The highest BCUT2D eigenvalue weighted by atomic mass is 32.2. The zero-order valence-electron chi connectivity index (χ0n) is 18.6. The highest BCUT2D eigenvalue weighted by Gasteiger charge is 2.29. The Morgan fingerprint density at radius 2 is 1.97 bits per heavy atom. The topological polar surface area (TPSA) is 128 Å². The van der Waals surface area contributed by atoms with Crippen molar-refractivity contribution < 1.29 is 13.2 Å². The fourth-order valence-corrected chi connectivity index (χ4v) is 5.28. The molecule has 2 heterocycles. The zero-order chi connectivity index (χ0) is 23.8. The van der Waals surface area contributed by atoms with E-state index in [4.69, 9.17) is 10.5 Å². The molecule has 0 aliphatic carbocycles. The van der Waals surface area contributed by atoms with Crippen LogP contribution in [0, 0.1) is 6.92 Å². The third kappa shape index (κ3) is 4.48. The van der Waals surface area contributed by atoms with E-state index in [0.717, 1.165) is 10.9 Å². The maximum atomic E-state index is 12.9. The van der Waals surface area contributed by atoms with Crippen LogP contribution in [0.3, 0.4) is 0 Å². The number of nitrogens with one attached hydrogen (secondary N) is 1. The Bertz CT molecular complexity index is 1410. The molecule has 4 rings (SSSR count). The van der Waals surface area contributed by atoms with Gasteiger partial charge in [-0.25, -0.2) is 13.4 Å². The van der Waals surface area contributed by atoms with Crippen molar-refractivity contribution >= 4 is 38.2 Å². The summed E-state index contributed by atoms with van der Waals surface area (Å²) in [5, 5.41) is 7.21. The Balaban J connectivity index is 1.80. The van der Waals surface area contributed by atoms with E-state index in [1.165, 1.54) is 13.8 Å². The van der Waals surface area contributed by atoms with Crippen LogP contribution in [0.1, 0.15) is 25.0 Å². The zero-order valence-corrected chi connectivity index (χ0v) is 19.4. The predicted molar refractivity (Wildman–Crippen MR) is 128 cm³/mol. The summed E-state index contributed by atoms with van der Waals surface area (Å²) >= 11 is 0. The normalized spacial score (nSPS) is 15.3. The number of aryl methyl sites for hydroxylation is 1. The maximum Gasteiger partial charge on any atom is 0.235 e.